The lowest BCUT2D eigenvalue weighted by molar-refractivity contribution is -0.115. The molecule has 0 bridgehead atoms. The summed E-state index contributed by atoms with van der Waals surface area (Å²) in [5.41, 5.74) is 1.96. The number of carbonyl (C=O) groups excluding carboxylic acids is 1. The molecule has 0 unspecified atom stereocenters. The van der Waals surface area contributed by atoms with Gasteiger partial charge in [-0.2, -0.15) is 0 Å². The van der Waals surface area contributed by atoms with E-state index in [4.69, 9.17) is 11.6 Å². The van der Waals surface area contributed by atoms with Gasteiger partial charge in [0.2, 0.25) is 5.91 Å². The summed E-state index contributed by atoms with van der Waals surface area (Å²) in [5, 5.41) is 3.46. The van der Waals surface area contributed by atoms with E-state index in [0.717, 1.165) is 22.7 Å². The van der Waals surface area contributed by atoms with Crippen LogP contribution < -0.4 is 5.32 Å². The molecular weight excluding hydrogens is 328 g/mol. The third kappa shape index (κ3) is 5.27. The molecule has 3 nitrogen and oxygen atoms in total. The molecule has 1 atom stereocenters. The number of hydrogen-bond donors (Lipinski definition) is 1. The maximum Gasteiger partial charge on any atom is 0.237 e. The Labute approximate surface area is 147 Å². The minimum absolute atomic E-state index is 0.0267. The first kappa shape index (κ1) is 17.9. The fraction of sp³-hybridized carbons (Fsp3) is 0.278. The van der Waals surface area contributed by atoms with Gasteiger partial charge in [-0.3, -0.25) is 4.79 Å². The lowest BCUT2D eigenvalue weighted by Crippen LogP contribution is -2.23. The standard InChI is InChI=1S/C18H21ClN2OS/c1-13(23-17-11-7-5-9-15(17)19)18(22)20-16-10-6-4-8-14(16)12-21(2)3/h4-11,13H,12H2,1-3H3,(H,20,22)/t13-/m0/s1. The van der Waals surface area contributed by atoms with Gasteiger partial charge < -0.3 is 10.2 Å². The van der Waals surface area contributed by atoms with Crippen molar-refractivity contribution >= 4 is 35.0 Å². The molecule has 0 fully saturated rings. The van der Waals surface area contributed by atoms with Crippen LogP contribution in [-0.4, -0.2) is 30.2 Å². The number of thioether (sulfide) groups is 1. The van der Waals surface area contributed by atoms with E-state index in [1.807, 2.05) is 69.6 Å². The Morgan fingerprint density at radius 3 is 2.52 bits per heavy atom. The second-order valence-corrected chi connectivity index (χ2v) is 7.36. The Bertz CT molecular complexity index is 676. The van der Waals surface area contributed by atoms with Gasteiger partial charge in [0.1, 0.15) is 0 Å². The Kier molecular flexibility index (Phi) is 6.51. The molecule has 0 spiro atoms. The molecule has 2 aromatic rings. The number of halogens is 1. The van der Waals surface area contributed by atoms with Crippen LogP contribution >= 0.6 is 23.4 Å². The Morgan fingerprint density at radius 2 is 1.83 bits per heavy atom. The average molecular weight is 349 g/mol. The number of rotatable bonds is 6. The molecule has 0 saturated carbocycles. The topological polar surface area (TPSA) is 32.3 Å². The predicted molar refractivity (Wildman–Crippen MR) is 99.2 cm³/mol. The Hall–Kier alpha value is -1.49. The first-order valence-electron chi connectivity index (χ1n) is 7.42. The fourth-order valence-electron chi connectivity index (χ4n) is 2.14. The molecule has 0 aliphatic carbocycles. The monoisotopic (exact) mass is 348 g/mol. The van der Waals surface area contributed by atoms with Crippen molar-refractivity contribution in [2.24, 2.45) is 0 Å². The zero-order chi connectivity index (χ0) is 16.8. The Balaban J connectivity index is 2.05. The van der Waals surface area contributed by atoms with Crippen LogP contribution in [0.1, 0.15) is 12.5 Å². The van der Waals surface area contributed by atoms with Crippen molar-refractivity contribution in [1.82, 2.24) is 4.90 Å². The summed E-state index contributed by atoms with van der Waals surface area (Å²) in [6.07, 6.45) is 0. The van der Waals surface area contributed by atoms with Gasteiger partial charge >= 0.3 is 0 Å². The van der Waals surface area contributed by atoms with Gasteiger partial charge in [0.05, 0.1) is 10.3 Å². The second-order valence-electron chi connectivity index (χ2n) is 5.57. The molecule has 1 amide bonds. The summed E-state index contributed by atoms with van der Waals surface area (Å²) >= 11 is 7.62. The normalized spacial score (nSPS) is 12.2. The van der Waals surface area contributed by atoms with Crippen LogP contribution in [0.25, 0.3) is 0 Å². The number of carbonyl (C=O) groups is 1. The molecule has 23 heavy (non-hydrogen) atoms. The molecule has 1 N–H and O–H groups in total. The highest BCUT2D eigenvalue weighted by Gasteiger charge is 2.17. The lowest BCUT2D eigenvalue weighted by atomic mass is 10.1. The first-order valence-corrected chi connectivity index (χ1v) is 8.68. The number of para-hydroxylation sites is 1. The highest BCUT2D eigenvalue weighted by Crippen LogP contribution is 2.30. The van der Waals surface area contributed by atoms with Crippen LogP contribution in [0.15, 0.2) is 53.4 Å². The maximum absolute atomic E-state index is 12.5. The summed E-state index contributed by atoms with van der Waals surface area (Å²) in [6, 6.07) is 15.4. The average Bonchev–Trinajstić information content (AvgIpc) is 2.51. The summed E-state index contributed by atoms with van der Waals surface area (Å²) in [7, 11) is 4.02. The molecule has 2 aromatic carbocycles. The van der Waals surface area contributed by atoms with Gasteiger partial charge in [0.15, 0.2) is 0 Å². The van der Waals surface area contributed by atoms with Crippen molar-refractivity contribution in [3.05, 3.63) is 59.1 Å². The molecule has 0 aromatic heterocycles. The summed E-state index contributed by atoms with van der Waals surface area (Å²) in [6.45, 7) is 2.67. The molecule has 2 rings (SSSR count). The van der Waals surface area contributed by atoms with Crippen molar-refractivity contribution in [2.45, 2.75) is 23.6 Å². The number of nitrogens with zero attached hydrogens (tertiary/aromatic N) is 1. The first-order chi connectivity index (χ1) is 11.0. The predicted octanol–water partition coefficient (Wildman–Crippen LogP) is 4.52. The van der Waals surface area contributed by atoms with Crippen LogP contribution in [-0.2, 0) is 11.3 Å². The van der Waals surface area contributed by atoms with E-state index in [1.165, 1.54) is 11.8 Å². The van der Waals surface area contributed by atoms with Gasteiger partial charge in [-0.25, -0.2) is 0 Å². The summed E-state index contributed by atoms with van der Waals surface area (Å²) in [4.78, 5) is 15.5. The largest absolute Gasteiger partial charge is 0.325 e. The summed E-state index contributed by atoms with van der Waals surface area (Å²) in [5.74, 6) is -0.0267. The number of amides is 1. The van der Waals surface area contributed by atoms with E-state index in [0.29, 0.717) is 5.02 Å². The fourth-order valence-corrected chi connectivity index (χ4v) is 3.29. The van der Waals surface area contributed by atoms with Gasteiger partial charge in [0, 0.05) is 17.1 Å². The SMILES string of the molecule is C[C@H](Sc1ccccc1Cl)C(=O)Nc1ccccc1CN(C)C. The van der Waals surface area contributed by atoms with E-state index < -0.39 is 0 Å². The van der Waals surface area contributed by atoms with Crippen molar-refractivity contribution in [3.8, 4) is 0 Å². The van der Waals surface area contributed by atoms with E-state index in [-0.39, 0.29) is 11.2 Å². The number of benzene rings is 2. The second kappa shape index (κ2) is 8.39. The number of hydrogen-bond acceptors (Lipinski definition) is 3. The van der Waals surface area contributed by atoms with Crippen LogP contribution in [0.2, 0.25) is 5.02 Å². The molecule has 0 aliphatic rings. The summed E-state index contributed by atoms with van der Waals surface area (Å²) < 4.78 is 0. The van der Waals surface area contributed by atoms with E-state index in [1.54, 1.807) is 0 Å². The zero-order valence-corrected chi connectivity index (χ0v) is 15.1. The van der Waals surface area contributed by atoms with Gasteiger partial charge in [-0.05, 0) is 44.8 Å². The molecule has 0 radical (unpaired) electrons. The highest BCUT2D eigenvalue weighted by atomic mass is 35.5. The third-order valence-corrected chi connectivity index (χ3v) is 4.89. The highest BCUT2D eigenvalue weighted by molar-refractivity contribution is 8.00. The van der Waals surface area contributed by atoms with Crippen LogP contribution in [0.3, 0.4) is 0 Å². The maximum atomic E-state index is 12.5. The minimum atomic E-state index is -0.234. The van der Waals surface area contributed by atoms with Crippen molar-refractivity contribution in [2.75, 3.05) is 19.4 Å². The van der Waals surface area contributed by atoms with Crippen molar-refractivity contribution in [3.63, 3.8) is 0 Å². The smallest absolute Gasteiger partial charge is 0.237 e. The van der Waals surface area contributed by atoms with Gasteiger partial charge in [0.25, 0.3) is 0 Å². The molecular formula is C18H21ClN2OS. The Morgan fingerprint density at radius 1 is 1.17 bits per heavy atom. The molecule has 5 heteroatoms. The minimum Gasteiger partial charge on any atom is -0.325 e. The van der Waals surface area contributed by atoms with Crippen LogP contribution in [0.4, 0.5) is 5.69 Å². The molecule has 0 aliphatic heterocycles. The third-order valence-electron chi connectivity index (χ3n) is 3.27. The van der Waals surface area contributed by atoms with Crippen molar-refractivity contribution < 1.29 is 4.79 Å². The van der Waals surface area contributed by atoms with Gasteiger partial charge in [-0.15, -0.1) is 11.8 Å². The molecule has 122 valence electrons. The number of nitrogens with one attached hydrogen (secondary N) is 1. The molecule has 0 heterocycles. The number of anilines is 1. The quantitative estimate of drug-likeness (QED) is 0.779. The lowest BCUT2D eigenvalue weighted by Gasteiger charge is -2.17. The van der Waals surface area contributed by atoms with Crippen molar-refractivity contribution in [1.29, 1.82) is 0 Å². The van der Waals surface area contributed by atoms with E-state index in [9.17, 15) is 4.79 Å². The van der Waals surface area contributed by atoms with E-state index >= 15 is 0 Å². The van der Waals surface area contributed by atoms with Gasteiger partial charge in [-0.1, -0.05) is 41.9 Å². The van der Waals surface area contributed by atoms with E-state index in [2.05, 4.69) is 10.2 Å². The molecule has 0 saturated heterocycles. The van der Waals surface area contributed by atoms with Crippen LogP contribution in [0.5, 0.6) is 0 Å². The zero-order valence-electron chi connectivity index (χ0n) is 13.5. The van der Waals surface area contributed by atoms with Crippen LogP contribution in [0, 0.1) is 0 Å².